The number of carbonyl (C=O) groups excluding carboxylic acids is 3. The number of hydrogen-bond donors (Lipinski definition) is 1. The number of hydrogen-bond acceptors (Lipinski definition) is 4. The van der Waals surface area contributed by atoms with Crippen molar-refractivity contribution in [3.63, 3.8) is 0 Å². The van der Waals surface area contributed by atoms with E-state index in [0.717, 1.165) is 16.2 Å². The quantitative estimate of drug-likeness (QED) is 0.742. The second-order valence-electron chi connectivity index (χ2n) is 6.12. The number of halogens is 1. The van der Waals surface area contributed by atoms with E-state index in [1.54, 1.807) is 25.3 Å². The van der Waals surface area contributed by atoms with Crippen LogP contribution in [0.15, 0.2) is 42.5 Å². The fourth-order valence-electron chi connectivity index (χ4n) is 2.94. The van der Waals surface area contributed by atoms with Crippen LogP contribution in [0.4, 0.5) is 0 Å². The standard InChI is InChI=1S/C20H19ClN2O4/c1-27-14-7-5-13(6-8-14)9-11-22-17(24)10-12-23-19(25)15-3-2-4-16(21)18(15)20(23)26/h2-8H,9-12H2,1H3,(H,22,24). The van der Waals surface area contributed by atoms with Crippen LogP contribution in [0.1, 0.15) is 32.7 Å². The van der Waals surface area contributed by atoms with Gasteiger partial charge < -0.3 is 10.1 Å². The van der Waals surface area contributed by atoms with Gasteiger partial charge in [0.15, 0.2) is 0 Å². The first-order valence-corrected chi connectivity index (χ1v) is 8.93. The van der Waals surface area contributed by atoms with E-state index in [9.17, 15) is 14.4 Å². The Bertz CT molecular complexity index is 880. The predicted molar refractivity (Wildman–Crippen MR) is 101 cm³/mol. The van der Waals surface area contributed by atoms with Crippen molar-refractivity contribution in [1.29, 1.82) is 0 Å². The van der Waals surface area contributed by atoms with Gasteiger partial charge in [-0.15, -0.1) is 0 Å². The lowest BCUT2D eigenvalue weighted by Gasteiger charge is -2.13. The summed E-state index contributed by atoms with van der Waals surface area (Å²) in [4.78, 5) is 37.8. The van der Waals surface area contributed by atoms with E-state index in [1.807, 2.05) is 24.3 Å². The van der Waals surface area contributed by atoms with Crippen molar-refractivity contribution in [2.45, 2.75) is 12.8 Å². The monoisotopic (exact) mass is 386 g/mol. The summed E-state index contributed by atoms with van der Waals surface area (Å²) in [5, 5.41) is 3.05. The Kier molecular flexibility index (Phi) is 5.76. The summed E-state index contributed by atoms with van der Waals surface area (Å²) in [6.45, 7) is 0.496. The lowest BCUT2D eigenvalue weighted by molar-refractivity contribution is -0.121. The molecule has 1 aliphatic rings. The molecule has 0 radical (unpaired) electrons. The molecule has 140 valence electrons. The lowest BCUT2D eigenvalue weighted by Crippen LogP contribution is -2.35. The topological polar surface area (TPSA) is 75.7 Å². The minimum Gasteiger partial charge on any atom is -0.497 e. The molecule has 0 fully saturated rings. The molecule has 2 aromatic carbocycles. The maximum atomic E-state index is 12.4. The van der Waals surface area contributed by atoms with Gasteiger partial charge >= 0.3 is 0 Å². The molecule has 0 aliphatic carbocycles. The number of fused-ring (bicyclic) bond motifs is 1. The van der Waals surface area contributed by atoms with Crippen LogP contribution in [0.25, 0.3) is 0 Å². The fourth-order valence-corrected chi connectivity index (χ4v) is 3.19. The minimum absolute atomic E-state index is 0.0248. The van der Waals surface area contributed by atoms with Gasteiger partial charge in [0.2, 0.25) is 5.91 Å². The highest BCUT2D eigenvalue weighted by atomic mass is 35.5. The Hall–Kier alpha value is -2.86. The van der Waals surface area contributed by atoms with E-state index < -0.39 is 11.8 Å². The number of benzene rings is 2. The van der Waals surface area contributed by atoms with Crippen molar-refractivity contribution < 1.29 is 19.1 Å². The molecule has 3 amide bonds. The van der Waals surface area contributed by atoms with Crippen molar-refractivity contribution >= 4 is 29.3 Å². The second kappa shape index (κ2) is 8.22. The molecular formula is C20H19ClN2O4. The van der Waals surface area contributed by atoms with Gasteiger partial charge in [-0.3, -0.25) is 19.3 Å². The Labute approximate surface area is 162 Å². The summed E-state index contributed by atoms with van der Waals surface area (Å²) < 4.78 is 5.10. The SMILES string of the molecule is COc1ccc(CCNC(=O)CCN2C(=O)c3cccc(Cl)c3C2=O)cc1. The Balaban J connectivity index is 1.47. The lowest BCUT2D eigenvalue weighted by atomic mass is 10.1. The first-order chi connectivity index (χ1) is 13.0. The van der Waals surface area contributed by atoms with Crippen LogP contribution >= 0.6 is 11.6 Å². The van der Waals surface area contributed by atoms with Gasteiger partial charge in [0.25, 0.3) is 11.8 Å². The fraction of sp³-hybridized carbons (Fsp3) is 0.250. The number of nitrogens with one attached hydrogen (secondary N) is 1. The van der Waals surface area contributed by atoms with E-state index in [0.29, 0.717) is 13.0 Å². The minimum atomic E-state index is -0.452. The van der Waals surface area contributed by atoms with Crippen molar-refractivity contribution in [3.8, 4) is 5.75 Å². The molecule has 1 aliphatic heterocycles. The molecule has 3 rings (SSSR count). The van der Waals surface area contributed by atoms with Crippen LogP contribution in [-0.4, -0.2) is 42.8 Å². The van der Waals surface area contributed by atoms with Crippen LogP contribution in [-0.2, 0) is 11.2 Å². The number of ether oxygens (including phenoxy) is 1. The van der Waals surface area contributed by atoms with E-state index in [2.05, 4.69) is 5.32 Å². The summed E-state index contributed by atoms with van der Waals surface area (Å²) in [5.41, 5.74) is 1.57. The summed E-state index contributed by atoms with van der Waals surface area (Å²) in [5.74, 6) is -0.301. The van der Waals surface area contributed by atoms with Gasteiger partial charge in [-0.25, -0.2) is 0 Å². The third-order valence-corrected chi connectivity index (χ3v) is 4.72. The summed E-state index contributed by atoms with van der Waals surface area (Å²) in [7, 11) is 1.61. The molecule has 0 saturated carbocycles. The second-order valence-corrected chi connectivity index (χ2v) is 6.53. The van der Waals surface area contributed by atoms with E-state index in [1.165, 1.54) is 0 Å². The third-order valence-electron chi connectivity index (χ3n) is 4.41. The number of imide groups is 1. The smallest absolute Gasteiger partial charge is 0.263 e. The first-order valence-electron chi connectivity index (χ1n) is 8.55. The number of amides is 3. The maximum absolute atomic E-state index is 12.4. The average Bonchev–Trinajstić information content (AvgIpc) is 2.92. The molecule has 6 nitrogen and oxygen atoms in total. The third kappa shape index (κ3) is 4.11. The normalized spacial score (nSPS) is 12.9. The van der Waals surface area contributed by atoms with E-state index >= 15 is 0 Å². The summed E-state index contributed by atoms with van der Waals surface area (Å²) >= 11 is 6.02. The molecule has 0 unspecified atom stereocenters. The maximum Gasteiger partial charge on any atom is 0.263 e. The van der Waals surface area contributed by atoms with Gasteiger partial charge in [0, 0.05) is 19.5 Å². The molecule has 0 atom stereocenters. The number of carbonyl (C=O) groups is 3. The highest BCUT2D eigenvalue weighted by Crippen LogP contribution is 2.29. The largest absolute Gasteiger partial charge is 0.497 e. The molecular weight excluding hydrogens is 368 g/mol. The van der Waals surface area contributed by atoms with Crippen molar-refractivity contribution in [1.82, 2.24) is 10.2 Å². The van der Waals surface area contributed by atoms with Gasteiger partial charge in [0.1, 0.15) is 5.75 Å². The van der Waals surface area contributed by atoms with Crippen molar-refractivity contribution in [2.24, 2.45) is 0 Å². The molecule has 0 bridgehead atoms. The highest BCUT2D eigenvalue weighted by Gasteiger charge is 2.36. The molecule has 1 N–H and O–H groups in total. The molecule has 0 saturated heterocycles. The van der Waals surface area contributed by atoms with Gasteiger partial charge in [-0.05, 0) is 36.2 Å². The molecule has 27 heavy (non-hydrogen) atoms. The zero-order valence-corrected chi connectivity index (χ0v) is 15.6. The number of methoxy groups -OCH3 is 1. The van der Waals surface area contributed by atoms with Gasteiger partial charge in [-0.2, -0.15) is 0 Å². The number of nitrogens with zero attached hydrogens (tertiary/aromatic N) is 1. The first kappa shape index (κ1) is 18.9. The van der Waals surface area contributed by atoms with Crippen LogP contribution in [0.2, 0.25) is 5.02 Å². The van der Waals surface area contributed by atoms with Gasteiger partial charge in [-0.1, -0.05) is 29.8 Å². The summed E-state index contributed by atoms with van der Waals surface area (Å²) in [6.07, 6.45) is 0.726. The highest BCUT2D eigenvalue weighted by molar-refractivity contribution is 6.37. The zero-order valence-electron chi connectivity index (χ0n) is 14.8. The van der Waals surface area contributed by atoms with E-state index in [4.69, 9.17) is 16.3 Å². The van der Waals surface area contributed by atoms with Crippen molar-refractivity contribution in [2.75, 3.05) is 20.2 Å². The van der Waals surface area contributed by atoms with Crippen molar-refractivity contribution in [3.05, 3.63) is 64.2 Å². The van der Waals surface area contributed by atoms with Gasteiger partial charge in [0.05, 0.1) is 23.3 Å². The van der Waals surface area contributed by atoms with Crippen LogP contribution in [0.3, 0.4) is 0 Å². The Morgan fingerprint density at radius 2 is 1.85 bits per heavy atom. The van der Waals surface area contributed by atoms with Crippen LogP contribution in [0.5, 0.6) is 5.75 Å². The average molecular weight is 387 g/mol. The molecule has 1 heterocycles. The zero-order chi connectivity index (χ0) is 19.4. The number of rotatable bonds is 7. The summed E-state index contributed by atoms with van der Waals surface area (Å²) in [6, 6.07) is 12.4. The van der Waals surface area contributed by atoms with E-state index in [-0.39, 0.29) is 35.0 Å². The van der Waals surface area contributed by atoms with Crippen LogP contribution in [0, 0.1) is 0 Å². The molecule has 7 heteroatoms. The Morgan fingerprint density at radius 3 is 2.52 bits per heavy atom. The Morgan fingerprint density at radius 1 is 1.11 bits per heavy atom. The molecule has 2 aromatic rings. The molecule has 0 spiro atoms. The molecule has 0 aromatic heterocycles. The van der Waals surface area contributed by atoms with Crippen LogP contribution < -0.4 is 10.1 Å². The predicted octanol–water partition coefficient (Wildman–Crippen LogP) is 2.69.